The highest BCUT2D eigenvalue weighted by Crippen LogP contribution is 2.38. The number of ether oxygens (including phenoxy) is 1. The molecule has 15 heteroatoms. The standard InChI is InChI=1S/C36H36N6O8S/c43-25-41(22-30(34(44)45)40-51(47,48)31-16-8-7-15-29(31)27-13-5-2-6-14-27)33-20-36(50-39-33)19-28(21-38-32-17-9-10-18-37-32)42(24-36)35(46)49-23-26-11-3-1-4-12-26/h1-18,25,28,30,40H,19-24H2,(H,37,38)(H,44,45)/t28?,30?,36-/m0/s1. The number of anilines is 1. The molecule has 51 heavy (non-hydrogen) atoms. The minimum Gasteiger partial charge on any atom is -0.480 e. The van der Waals surface area contributed by atoms with Crippen LogP contribution in [0.4, 0.5) is 10.6 Å². The van der Waals surface area contributed by atoms with Gasteiger partial charge < -0.3 is 20.0 Å². The van der Waals surface area contributed by atoms with Crippen LogP contribution in [0.5, 0.6) is 0 Å². The van der Waals surface area contributed by atoms with E-state index >= 15 is 0 Å². The van der Waals surface area contributed by atoms with Crippen LogP contribution in [0.3, 0.4) is 0 Å². The van der Waals surface area contributed by atoms with Crippen LogP contribution in [0.25, 0.3) is 11.1 Å². The van der Waals surface area contributed by atoms with Gasteiger partial charge in [-0.3, -0.25) is 19.4 Å². The lowest BCUT2D eigenvalue weighted by atomic mass is 9.95. The summed E-state index contributed by atoms with van der Waals surface area (Å²) in [4.78, 5) is 50.8. The lowest BCUT2D eigenvalue weighted by Gasteiger charge is -2.24. The molecule has 2 aliphatic heterocycles. The molecule has 1 aromatic heterocycles. The van der Waals surface area contributed by atoms with E-state index < -0.39 is 46.3 Å². The van der Waals surface area contributed by atoms with E-state index in [4.69, 9.17) is 9.57 Å². The van der Waals surface area contributed by atoms with Gasteiger partial charge in [0, 0.05) is 24.7 Å². The number of hydrogen-bond donors (Lipinski definition) is 3. The number of likely N-dealkylation sites (tertiary alicyclic amines) is 1. The summed E-state index contributed by atoms with van der Waals surface area (Å²) < 4.78 is 35.1. The Balaban J connectivity index is 1.16. The van der Waals surface area contributed by atoms with Gasteiger partial charge >= 0.3 is 12.1 Å². The Kier molecular flexibility index (Phi) is 10.6. The summed E-state index contributed by atoms with van der Waals surface area (Å²) in [7, 11) is -4.38. The molecule has 2 unspecified atom stereocenters. The molecule has 1 fully saturated rings. The van der Waals surface area contributed by atoms with E-state index in [2.05, 4.69) is 20.2 Å². The van der Waals surface area contributed by atoms with Gasteiger partial charge in [0.2, 0.25) is 16.4 Å². The van der Waals surface area contributed by atoms with Gasteiger partial charge in [0.25, 0.3) is 0 Å². The number of pyridine rings is 1. The summed E-state index contributed by atoms with van der Waals surface area (Å²) in [5.41, 5.74) is 0.786. The number of aromatic nitrogens is 1. The predicted octanol–water partition coefficient (Wildman–Crippen LogP) is 3.93. The van der Waals surface area contributed by atoms with Gasteiger partial charge in [-0.25, -0.2) is 18.2 Å². The van der Waals surface area contributed by atoms with Crippen molar-refractivity contribution in [2.75, 3.05) is 25.0 Å². The van der Waals surface area contributed by atoms with Crippen molar-refractivity contribution in [1.82, 2.24) is 19.5 Å². The molecule has 264 valence electrons. The maximum atomic E-state index is 13.6. The number of carboxylic acids is 1. The van der Waals surface area contributed by atoms with Crippen molar-refractivity contribution < 1.29 is 37.5 Å². The van der Waals surface area contributed by atoms with Crippen LogP contribution >= 0.6 is 0 Å². The Bertz CT molecular complexity index is 1980. The van der Waals surface area contributed by atoms with E-state index in [1.165, 1.54) is 6.07 Å². The van der Waals surface area contributed by atoms with Crippen molar-refractivity contribution in [2.45, 2.75) is 42.0 Å². The van der Waals surface area contributed by atoms with Gasteiger partial charge in [-0.1, -0.05) is 90.1 Å². The number of carboxylic acid groups (broad SMARTS) is 1. The zero-order valence-corrected chi connectivity index (χ0v) is 28.2. The molecule has 3 aromatic carbocycles. The SMILES string of the molecule is O=CN(CC(NS(=O)(=O)c1ccccc1-c1ccccc1)C(=O)O)C1=NO[C@]2(C1)CC(CNc1ccccn1)N(C(=O)OCc1ccccc1)C2. The maximum absolute atomic E-state index is 13.6. The zero-order chi connectivity index (χ0) is 35.8. The Morgan fingerprint density at radius 1 is 1.02 bits per heavy atom. The molecule has 3 N–H and O–H groups in total. The molecule has 2 aliphatic rings. The summed E-state index contributed by atoms with van der Waals surface area (Å²) in [6.07, 6.45) is 1.81. The molecular weight excluding hydrogens is 676 g/mol. The third kappa shape index (κ3) is 8.33. The zero-order valence-electron chi connectivity index (χ0n) is 27.4. The molecule has 0 radical (unpaired) electrons. The van der Waals surface area contributed by atoms with E-state index in [0.717, 1.165) is 10.5 Å². The van der Waals surface area contributed by atoms with Gasteiger partial charge in [0.15, 0.2) is 11.4 Å². The number of aliphatic carboxylic acids is 1. The molecule has 3 heterocycles. The summed E-state index contributed by atoms with van der Waals surface area (Å²) in [6.45, 7) is -0.131. The lowest BCUT2D eigenvalue weighted by Crippen LogP contribution is -2.50. The second kappa shape index (κ2) is 15.4. The van der Waals surface area contributed by atoms with Crippen molar-refractivity contribution in [2.24, 2.45) is 5.16 Å². The molecule has 0 bridgehead atoms. The fourth-order valence-corrected chi connectivity index (χ4v) is 7.57. The first kappa shape index (κ1) is 35.0. The fraction of sp³-hybridized carbons (Fsp3) is 0.250. The maximum Gasteiger partial charge on any atom is 0.410 e. The number of rotatable bonds is 13. The summed E-state index contributed by atoms with van der Waals surface area (Å²) >= 11 is 0. The number of oxime groups is 1. The molecule has 1 saturated heterocycles. The number of sulfonamides is 1. The van der Waals surface area contributed by atoms with Crippen LogP contribution in [-0.4, -0.2) is 89.9 Å². The van der Waals surface area contributed by atoms with Crippen LogP contribution in [0.1, 0.15) is 18.4 Å². The number of hydrogen-bond acceptors (Lipinski definition) is 10. The highest BCUT2D eigenvalue weighted by Gasteiger charge is 2.53. The van der Waals surface area contributed by atoms with Gasteiger partial charge in [0.05, 0.1) is 30.4 Å². The largest absolute Gasteiger partial charge is 0.480 e. The number of nitrogens with one attached hydrogen (secondary N) is 2. The smallest absolute Gasteiger partial charge is 0.410 e. The minimum atomic E-state index is -4.38. The van der Waals surface area contributed by atoms with Crippen LogP contribution in [-0.2, 0) is 35.8 Å². The van der Waals surface area contributed by atoms with Crippen molar-refractivity contribution >= 4 is 40.1 Å². The van der Waals surface area contributed by atoms with Crippen molar-refractivity contribution in [3.8, 4) is 11.1 Å². The van der Waals surface area contributed by atoms with Crippen LogP contribution in [0, 0.1) is 0 Å². The van der Waals surface area contributed by atoms with Gasteiger partial charge in [-0.05, 0) is 29.3 Å². The molecule has 0 aliphatic carbocycles. The van der Waals surface area contributed by atoms with E-state index in [-0.39, 0.29) is 30.3 Å². The Labute approximate surface area is 294 Å². The molecule has 6 rings (SSSR count). The lowest BCUT2D eigenvalue weighted by molar-refractivity contribution is -0.139. The van der Waals surface area contributed by atoms with Crippen molar-refractivity contribution in [1.29, 1.82) is 0 Å². The number of benzene rings is 3. The molecule has 0 saturated carbocycles. The summed E-state index contributed by atoms with van der Waals surface area (Å²) in [5, 5.41) is 17.4. The van der Waals surface area contributed by atoms with Gasteiger partial charge in [0.1, 0.15) is 18.5 Å². The predicted molar refractivity (Wildman–Crippen MR) is 187 cm³/mol. The minimum absolute atomic E-state index is 0.0459. The highest BCUT2D eigenvalue weighted by molar-refractivity contribution is 7.89. The number of amidine groups is 1. The first-order valence-corrected chi connectivity index (χ1v) is 17.6. The molecule has 14 nitrogen and oxygen atoms in total. The quantitative estimate of drug-likeness (QED) is 0.172. The first-order chi connectivity index (χ1) is 24.7. The molecular formula is C36H36N6O8S. The Hall–Kier alpha value is -5.80. The molecule has 3 atom stereocenters. The third-order valence-corrected chi connectivity index (χ3v) is 10.2. The second-order valence-electron chi connectivity index (χ2n) is 12.2. The van der Waals surface area contributed by atoms with Crippen LogP contribution in [0.15, 0.2) is 119 Å². The van der Waals surface area contributed by atoms with Crippen molar-refractivity contribution in [3.05, 3.63) is 115 Å². The van der Waals surface area contributed by atoms with Crippen molar-refractivity contribution in [3.63, 3.8) is 0 Å². The first-order valence-electron chi connectivity index (χ1n) is 16.2. The summed E-state index contributed by atoms with van der Waals surface area (Å²) in [6, 6.07) is 27.6. The van der Waals surface area contributed by atoms with E-state index in [9.17, 15) is 27.9 Å². The topological polar surface area (TPSA) is 180 Å². The van der Waals surface area contributed by atoms with E-state index in [0.29, 0.717) is 36.3 Å². The monoisotopic (exact) mass is 712 g/mol. The summed E-state index contributed by atoms with van der Waals surface area (Å²) in [5.74, 6) is -0.789. The van der Waals surface area contributed by atoms with E-state index in [1.54, 1.807) is 71.8 Å². The average Bonchev–Trinajstić information content (AvgIpc) is 3.74. The van der Waals surface area contributed by atoms with Gasteiger partial charge in [-0.15, -0.1) is 0 Å². The number of nitrogens with zero attached hydrogens (tertiary/aromatic N) is 4. The Morgan fingerprint density at radius 2 is 1.73 bits per heavy atom. The number of carbonyl (C=O) groups is 3. The normalized spacial score (nSPS) is 18.8. The van der Waals surface area contributed by atoms with E-state index in [1.807, 2.05) is 36.4 Å². The van der Waals surface area contributed by atoms with Crippen LogP contribution in [0.2, 0.25) is 0 Å². The fourth-order valence-electron chi connectivity index (χ4n) is 6.16. The molecule has 2 amide bonds. The number of amides is 2. The average molecular weight is 713 g/mol. The highest BCUT2D eigenvalue weighted by atomic mass is 32.2. The molecule has 4 aromatic rings. The molecule has 1 spiro atoms. The van der Waals surface area contributed by atoms with Gasteiger partial charge in [-0.2, -0.15) is 4.72 Å². The number of carbonyl (C=O) groups excluding carboxylic acids is 2. The third-order valence-electron chi connectivity index (χ3n) is 8.65. The second-order valence-corrected chi connectivity index (χ2v) is 13.9. The Morgan fingerprint density at radius 3 is 2.43 bits per heavy atom. The van der Waals surface area contributed by atoms with Crippen LogP contribution < -0.4 is 10.0 Å².